The first-order valence-electron chi connectivity index (χ1n) is 5.47. The van der Waals surface area contributed by atoms with Crippen LogP contribution in [0.2, 0.25) is 0 Å². The van der Waals surface area contributed by atoms with Gasteiger partial charge in [-0.05, 0) is 40.5 Å². The summed E-state index contributed by atoms with van der Waals surface area (Å²) in [6, 6.07) is 5.18. The number of rotatable bonds is 5. The summed E-state index contributed by atoms with van der Waals surface area (Å²) >= 11 is 6.61. The van der Waals surface area contributed by atoms with E-state index in [2.05, 4.69) is 37.2 Å². The first kappa shape index (κ1) is 15.6. The van der Waals surface area contributed by atoms with Crippen molar-refractivity contribution in [1.82, 2.24) is 5.32 Å². The first-order valence-corrected chi connectivity index (χ1v) is 7.06. The molecular weight excluding hydrogens is 366 g/mol. The van der Waals surface area contributed by atoms with E-state index in [-0.39, 0.29) is 19.1 Å². The molecule has 0 fully saturated rings. The number of carbonyl (C=O) groups is 1. The molecule has 0 saturated carbocycles. The molecule has 0 aliphatic carbocycles. The van der Waals surface area contributed by atoms with Gasteiger partial charge in [-0.2, -0.15) is 0 Å². The molecule has 0 heterocycles. The van der Waals surface area contributed by atoms with Crippen LogP contribution in [-0.2, 0) is 0 Å². The Hall–Kier alpha value is -0.430. The Morgan fingerprint density at radius 1 is 1.33 bits per heavy atom. The van der Waals surface area contributed by atoms with Crippen LogP contribution in [0.5, 0.6) is 0 Å². The third-order valence-corrected chi connectivity index (χ3v) is 3.99. The van der Waals surface area contributed by atoms with Crippen molar-refractivity contribution in [1.29, 1.82) is 0 Å². The highest BCUT2D eigenvalue weighted by Gasteiger charge is 2.29. The van der Waals surface area contributed by atoms with Crippen molar-refractivity contribution in [2.24, 2.45) is 0 Å². The maximum absolute atomic E-state index is 12.1. The van der Waals surface area contributed by atoms with Gasteiger partial charge in [-0.1, -0.05) is 22.9 Å². The minimum Gasteiger partial charge on any atom is -0.394 e. The molecule has 6 heteroatoms. The molecule has 0 radical (unpaired) electrons. The zero-order valence-electron chi connectivity index (χ0n) is 9.91. The molecule has 0 unspecified atom stereocenters. The van der Waals surface area contributed by atoms with E-state index in [9.17, 15) is 15.0 Å². The smallest absolute Gasteiger partial charge is 0.253 e. The molecule has 0 aromatic heterocycles. The van der Waals surface area contributed by atoms with E-state index in [1.54, 1.807) is 25.1 Å². The number of aliphatic hydroxyl groups is 2. The normalized spacial score (nSPS) is 11.4. The summed E-state index contributed by atoms with van der Waals surface area (Å²) in [6.07, 6.45) is 0.444. The molecule has 0 aliphatic rings. The van der Waals surface area contributed by atoms with E-state index in [1.165, 1.54) is 0 Å². The number of nitrogens with one attached hydrogen (secondary N) is 1. The van der Waals surface area contributed by atoms with E-state index in [4.69, 9.17) is 0 Å². The van der Waals surface area contributed by atoms with E-state index in [0.717, 1.165) is 4.47 Å². The maximum atomic E-state index is 12.1. The Kier molecular flexibility index (Phi) is 5.78. The fourth-order valence-electron chi connectivity index (χ4n) is 1.42. The second-order valence-corrected chi connectivity index (χ2v) is 5.80. The molecule has 0 saturated heterocycles. The zero-order chi connectivity index (χ0) is 13.8. The summed E-state index contributed by atoms with van der Waals surface area (Å²) in [7, 11) is 0. The summed E-state index contributed by atoms with van der Waals surface area (Å²) in [5.74, 6) is -0.334. The molecule has 1 amide bonds. The monoisotopic (exact) mass is 379 g/mol. The van der Waals surface area contributed by atoms with E-state index >= 15 is 0 Å². The van der Waals surface area contributed by atoms with Crippen LogP contribution in [-0.4, -0.2) is 34.9 Å². The van der Waals surface area contributed by atoms with Crippen LogP contribution in [0.4, 0.5) is 0 Å². The van der Waals surface area contributed by atoms with Crippen molar-refractivity contribution in [3.8, 4) is 0 Å². The number of benzene rings is 1. The Balaban J connectivity index is 2.94. The third-order valence-electron chi connectivity index (χ3n) is 2.84. The molecule has 1 aromatic carbocycles. The van der Waals surface area contributed by atoms with Crippen molar-refractivity contribution in [2.45, 2.75) is 18.9 Å². The van der Waals surface area contributed by atoms with Gasteiger partial charge < -0.3 is 15.5 Å². The molecule has 4 nitrogen and oxygen atoms in total. The van der Waals surface area contributed by atoms with Crippen molar-refractivity contribution in [2.75, 3.05) is 13.2 Å². The van der Waals surface area contributed by atoms with Gasteiger partial charge in [-0.25, -0.2) is 0 Å². The number of amides is 1. The lowest BCUT2D eigenvalue weighted by Gasteiger charge is -2.29. The van der Waals surface area contributed by atoms with Crippen LogP contribution >= 0.6 is 31.9 Å². The number of halogens is 2. The zero-order valence-corrected chi connectivity index (χ0v) is 13.1. The first-order chi connectivity index (χ1) is 8.48. The second kappa shape index (κ2) is 6.65. The summed E-state index contributed by atoms with van der Waals surface area (Å²) in [5, 5.41) is 21.3. The van der Waals surface area contributed by atoms with Crippen molar-refractivity contribution < 1.29 is 15.0 Å². The van der Waals surface area contributed by atoms with Gasteiger partial charge in [0.2, 0.25) is 0 Å². The topological polar surface area (TPSA) is 69.6 Å². The molecule has 0 atom stereocenters. The molecule has 3 N–H and O–H groups in total. The predicted octanol–water partition coefficient (Wildman–Crippen LogP) is 2.07. The molecule has 0 spiro atoms. The minimum atomic E-state index is -0.983. The average Bonchev–Trinajstić information content (AvgIpc) is 2.36. The Morgan fingerprint density at radius 2 is 1.94 bits per heavy atom. The second-order valence-electron chi connectivity index (χ2n) is 4.03. The lowest BCUT2D eigenvalue weighted by molar-refractivity contribution is 0.0652. The standard InChI is InChI=1S/C12H15Br2NO3/c1-2-12(6-16,7-17)15-11(18)9-4-3-8(13)5-10(9)14/h3-5,16-17H,2,6-7H2,1H3,(H,15,18). The highest BCUT2D eigenvalue weighted by Crippen LogP contribution is 2.22. The van der Waals surface area contributed by atoms with Gasteiger partial charge >= 0.3 is 0 Å². The van der Waals surface area contributed by atoms with Gasteiger partial charge in [0.1, 0.15) is 0 Å². The lowest BCUT2D eigenvalue weighted by atomic mass is 9.98. The van der Waals surface area contributed by atoms with Crippen LogP contribution in [0, 0.1) is 0 Å². The number of carbonyl (C=O) groups excluding carboxylic acids is 1. The molecule has 18 heavy (non-hydrogen) atoms. The lowest BCUT2D eigenvalue weighted by Crippen LogP contribution is -2.53. The van der Waals surface area contributed by atoms with Gasteiger partial charge in [0.15, 0.2) is 0 Å². The largest absolute Gasteiger partial charge is 0.394 e. The number of hydrogen-bond donors (Lipinski definition) is 3. The Labute approximate surface area is 123 Å². The fourth-order valence-corrected chi connectivity index (χ4v) is 2.65. The van der Waals surface area contributed by atoms with Crippen molar-refractivity contribution in [3.63, 3.8) is 0 Å². The van der Waals surface area contributed by atoms with Crippen LogP contribution in [0.25, 0.3) is 0 Å². The van der Waals surface area contributed by atoms with Crippen LogP contribution in [0.3, 0.4) is 0 Å². The van der Waals surface area contributed by atoms with E-state index in [1.807, 2.05) is 0 Å². The summed E-state index contributed by atoms with van der Waals surface area (Å²) < 4.78 is 1.51. The fraction of sp³-hybridized carbons (Fsp3) is 0.417. The Morgan fingerprint density at radius 3 is 2.39 bits per heavy atom. The number of hydrogen-bond acceptors (Lipinski definition) is 3. The van der Waals surface area contributed by atoms with E-state index < -0.39 is 5.54 Å². The third kappa shape index (κ3) is 3.54. The quantitative estimate of drug-likeness (QED) is 0.732. The highest BCUT2D eigenvalue weighted by atomic mass is 79.9. The van der Waals surface area contributed by atoms with Gasteiger partial charge in [-0.15, -0.1) is 0 Å². The van der Waals surface area contributed by atoms with Crippen LogP contribution in [0.15, 0.2) is 27.1 Å². The summed E-state index contributed by atoms with van der Waals surface area (Å²) in [6.45, 7) is 1.18. The molecule has 0 bridgehead atoms. The predicted molar refractivity (Wildman–Crippen MR) is 76.5 cm³/mol. The Bertz CT molecular complexity index is 425. The molecule has 100 valence electrons. The van der Waals surface area contributed by atoms with Crippen molar-refractivity contribution in [3.05, 3.63) is 32.7 Å². The van der Waals surface area contributed by atoms with Gasteiger partial charge in [-0.3, -0.25) is 4.79 Å². The highest BCUT2D eigenvalue weighted by molar-refractivity contribution is 9.11. The molecule has 1 aromatic rings. The summed E-state index contributed by atoms with van der Waals surface area (Å²) in [5.41, 5.74) is -0.526. The van der Waals surface area contributed by atoms with Gasteiger partial charge in [0, 0.05) is 8.95 Å². The number of aliphatic hydroxyl groups excluding tert-OH is 2. The van der Waals surface area contributed by atoms with Crippen LogP contribution < -0.4 is 5.32 Å². The molecule has 1 rings (SSSR count). The van der Waals surface area contributed by atoms with Gasteiger partial charge in [0.25, 0.3) is 5.91 Å². The average molecular weight is 381 g/mol. The van der Waals surface area contributed by atoms with Crippen LogP contribution in [0.1, 0.15) is 23.7 Å². The SMILES string of the molecule is CCC(CO)(CO)NC(=O)c1ccc(Br)cc1Br. The maximum Gasteiger partial charge on any atom is 0.253 e. The molecule has 0 aliphatic heterocycles. The molecular formula is C12H15Br2NO3. The summed E-state index contributed by atoms with van der Waals surface area (Å²) in [4.78, 5) is 12.1. The minimum absolute atomic E-state index is 0.306. The van der Waals surface area contributed by atoms with E-state index in [0.29, 0.717) is 16.5 Å². The van der Waals surface area contributed by atoms with Crippen molar-refractivity contribution >= 4 is 37.8 Å². The van der Waals surface area contributed by atoms with Gasteiger partial charge in [0.05, 0.1) is 24.3 Å².